The molecule has 1 aliphatic rings. The fourth-order valence-electron chi connectivity index (χ4n) is 2.14. The largest absolute Gasteiger partial charge is 0.467 e. The molecular formula is C13H17N3O4. The Kier molecular flexibility index (Phi) is 4.09. The highest BCUT2D eigenvalue weighted by molar-refractivity contribution is 5.98. The number of rotatable bonds is 2. The van der Waals surface area contributed by atoms with Gasteiger partial charge in [0, 0.05) is 23.5 Å². The van der Waals surface area contributed by atoms with Crippen molar-refractivity contribution in [2.45, 2.75) is 6.04 Å². The Balaban J connectivity index is 2.27. The molecule has 7 heteroatoms. The molecule has 20 heavy (non-hydrogen) atoms. The molecule has 1 saturated heterocycles. The van der Waals surface area contributed by atoms with Crippen LogP contribution in [0.4, 0.5) is 11.4 Å². The summed E-state index contributed by atoms with van der Waals surface area (Å²) in [6.45, 7) is 0.806. The maximum atomic E-state index is 12.5. The lowest BCUT2D eigenvalue weighted by atomic mass is 10.1. The Bertz CT molecular complexity index is 512. The highest BCUT2D eigenvalue weighted by Gasteiger charge is 2.34. The van der Waals surface area contributed by atoms with Gasteiger partial charge in [-0.05, 0) is 18.2 Å². The van der Waals surface area contributed by atoms with Gasteiger partial charge in [0.1, 0.15) is 0 Å². The quantitative estimate of drug-likeness (QED) is 0.576. The van der Waals surface area contributed by atoms with E-state index in [9.17, 15) is 9.59 Å². The average molecular weight is 279 g/mol. The first kappa shape index (κ1) is 14.1. The first-order valence-corrected chi connectivity index (χ1v) is 6.15. The number of nitrogens with zero attached hydrogens (tertiary/aromatic N) is 1. The molecule has 0 radical (unpaired) electrons. The summed E-state index contributed by atoms with van der Waals surface area (Å²) in [4.78, 5) is 25.6. The van der Waals surface area contributed by atoms with E-state index in [4.69, 9.17) is 20.9 Å². The second-order valence-corrected chi connectivity index (χ2v) is 4.50. The van der Waals surface area contributed by atoms with Crippen LogP contribution in [0.15, 0.2) is 18.2 Å². The zero-order valence-corrected chi connectivity index (χ0v) is 11.2. The Morgan fingerprint density at radius 2 is 1.95 bits per heavy atom. The van der Waals surface area contributed by atoms with Crippen LogP contribution in [-0.4, -0.2) is 49.7 Å². The highest BCUT2D eigenvalue weighted by Crippen LogP contribution is 2.18. The van der Waals surface area contributed by atoms with E-state index in [2.05, 4.69) is 0 Å². The number of hydrogen-bond acceptors (Lipinski definition) is 6. The van der Waals surface area contributed by atoms with Gasteiger partial charge in [0.15, 0.2) is 6.04 Å². The molecule has 7 nitrogen and oxygen atoms in total. The van der Waals surface area contributed by atoms with Gasteiger partial charge < -0.3 is 25.8 Å². The predicted octanol–water partition coefficient (Wildman–Crippen LogP) is -0.135. The zero-order chi connectivity index (χ0) is 14.7. The number of methoxy groups -OCH3 is 1. The second kappa shape index (κ2) is 5.79. The normalized spacial score (nSPS) is 18.6. The maximum absolute atomic E-state index is 12.5. The van der Waals surface area contributed by atoms with Crippen LogP contribution in [0.25, 0.3) is 0 Å². The van der Waals surface area contributed by atoms with Crippen LogP contribution >= 0.6 is 0 Å². The minimum Gasteiger partial charge on any atom is -0.467 e. The minimum atomic E-state index is -0.746. The summed E-state index contributed by atoms with van der Waals surface area (Å²) in [5.74, 6) is -0.822. The van der Waals surface area contributed by atoms with E-state index < -0.39 is 12.0 Å². The average Bonchev–Trinajstić information content (AvgIpc) is 2.44. The van der Waals surface area contributed by atoms with E-state index in [1.54, 1.807) is 6.07 Å². The summed E-state index contributed by atoms with van der Waals surface area (Å²) in [6.07, 6.45) is 0. The molecule has 1 atom stereocenters. The van der Waals surface area contributed by atoms with Crippen LogP contribution in [-0.2, 0) is 14.3 Å². The van der Waals surface area contributed by atoms with E-state index in [-0.39, 0.29) is 12.5 Å². The number of morpholine rings is 1. The number of esters is 1. The van der Waals surface area contributed by atoms with Gasteiger partial charge >= 0.3 is 5.97 Å². The van der Waals surface area contributed by atoms with Crippen LogP contribution in [0.2, 0.25) is 0 Å². The molecule has 0 spiro atoms. The van der Waals surface area contributed by atoms with Crippen LogP contribution in [0.5, 0.6) is 0 Å². The Hall–Kier alpha value is -2.28. The third-order valence-electron chi connectivity index (χ3n) is 3.09. The van der Waals surface area contributed by atoms with Crippen molar-refractivity contribution in [3.63, 3.8) is 0 Å². The number of nitrogens with two attached hydrogens (primary N) is 2. The molecule has 108 valence electrons. The molecule has 0 aromatic heterocycles. The molecule has 1 unspecified atom stereocenters. The van der Waals surface area contributed by atoms with E-state index in [0.29, 0.717) is 30.1 Å². The number of carbonyl (C=O) groups excluding carboxylic acids is 2. The van der Waals surface area contributed by atoms with Crippen molar-refractivity contribution in [1.82, 2.24) is 4.90 Å². The van der Waals surface area contributed by atoms with Crippen LogP contribution in [0.3, 0.4) is 0 Å². The molecule has 1 aromatic rings. The first-order valence-electron chi connectivity index (χ1n) is 6.15. The number of anilines is 2. The standard InChI is InChI=1S/C13H17N3O4/c1-19-13(18)11-7-20-3-2-16(11)12(17)8-4-9(14)6-10(15)5-8/h4-6,11H,2-3,7,14-15H2,1H3. The number of benzene rings is 1. The summed E-state index contributed by atoms with van der Waals surface area (Å²) in [7, 11) is 1.28. The number of amides is 1. The third-order valence-corrected chi connectivity index (χ3v) is 3.09. The number of nitrogen functional groups attached to an aromatic ring is 2. The van der Waals surface area contributed by atoms with E-state index in [0.717, 1.165) is 0 Å². The molecule has 1 amide bonds. The van der Waals surface area contributed by atoms with Crippen molar-refractivity contribution in [2.75, 3.05) is 38.3 Å². The second-order valence-electron chi connectivity index (χ2n) is 4.50. The molecular weight excluding hydrogens is 262 g/mol. The smallest absolute Gasteiger partial charge is 0.331 e. The van der Waals surface area contributed by atoms with Crippen LogP contribution < -0.4 is 11.5 Å². The minimum absolute atomic E-state index is 0.121. The van der Waals surface area contributed by atoms with E-state index in [1.165, 1.54) is 24.1 Å². The Morgan fingerprint density at radius 3 is 2.55 bits per heavy atom. The summed E-state index contributed by atoms with van der Waals surface area (Å²) in [5.41, 5.74) is 12.5. The van der Waals surface area contributed by atoms with Gasteiger partial charge in [-0.1, -0.05) is 0 Å². The SMILES string of the molecule is COC(=O)C1COCCN1C(=O)c1cc(N)cc(N)c1. The lowest BCUT2D eigenvalue weighted by Gasteiger charge is -2.33. The van der Waals surface area contributed by atoms with Gasteiger partial charge in [0.25, 0.3) is 5.91 Å². The summed E-state index contributed by atoms with van der Waals surface area (Å²) >= 11 is 0. The fourth-order valence-corrected chi connectivity index (χ4v) is 2.14. The maximum Gasteiger partial charge on any atom is 0.331 e. The lowest BCUT2D eigenvalue weighted by Crippen LogP contribution is -2.53. The molecule has 1 heterocycles. The van der Waals surface area contributed by atoms with Gasteiger partial charge in [0.2, 0.25) is 0 Å². The summed E-state index contributed by atoms with van der Waals surface area (Å²) in [6, 6.07) is 3.88. The first-order chi connectivity index (χ1) is 9.52. The number of ether oxygens (including phenoxy) is 2. The molecule has 4 N–H and O–H groups in total. The van der Waals surface area contributed by atoms with Gasteiger partial charge in [0.05, 0.1) is 20.3 Å². The van der Waals surface area contributed by atoms with Crippen LogP contribution in [0.1, 0.15) is 10.4 Å². The molecule has 0 saturated carbocycles. The van der Waals surface area contributed by atoms with Gasteiger partial charge in [-0.25, -0.2) is 4.79 Å². The summed E-state index contributed by atoms with van der Waals surface area (Å²) < 4.78 is 9.92. The molecule has 0 aliphatic carbocycles. The summed E-state index contributed by atoms with van der Waals surface area (Å²) in [5, 5.41) is 0. The van der Waals surface area contributed by atoms with Gasteiger partial charge in [-0.15, -0.1) is 0 Å². The fraction of sp³-hybridized carbons (Fsp3) is 0.385. The van der Waals surface area contributed by atoms with Crippen molar-refractivity contribution in [3.8, 4) is 0 Å². The van der Waals surface area contributed by atoms with Crippen molar-refractivity contribution >= 4 is 23.3 Å². The number of carbonyl (C=O) groups is 2. The van der Waals surface area contributed by atoms with Gasteiger partial charge in [-0.3, -0.25) is 4.79 Å². The van der Waals surface area contributed by atoms with Crippen molar-refractivity contribution < 1.29 is 19.1 Å². The monoisotopic (exact) mass is 279 g/mol. The van der Waals surface area contributed by atoms with Crippen molar-refractivity contribution in [3.05, 3.63) is 23.8 Å². The van der Waals surface area contributed by atoms with Crippen molar-refractivity contribution in [2.24, 2.45) is 0 Å². The van der Waals surface area contributed by atoms with Crippen LogP contribution in [0, 0.1) is 0 Å². The molecule has 2 rings (SSSR count). The third kappa shape index (κ3) is 2.83. The van der Waals surface area contributed by atoms with Gasteiger partial charge in [-0.2, -0.15) is 0 Å². The topological polar surface area (TPSA) is 108 Å². The molecule has 1 aliphatic heterocycles. The predicted molar refractivity (Wildman–Crippen MR) is 72.9 cm³/mol. The van der Waals surface area contributed by atoms with E-state index in [1.807, 2.05) is 0 Å². The lowest BCUT2D eigenvalue weighted by molar-refractivity contribution is -0.151. The highest BCUT2D eigenvalue weighted by atomic mass is 16.5. The van der Waals surface area contributed by atoms with Crippen molar-refractivity contribution in [1.29, 1.82) is 0 Å². The number of hydrogen-bond donors (Lipinski definition) is 2. The van der Waals surface area contributed by atoms with E-state index >= 15 is 0 Å². The Labute approximate surface area is 116 Å². The molecule has 1 aromatic carbocycles. The zero-order valence-electron chi connectivity index (χ0n) is 11.2. The molecule has 1 fully saturated rings. The molecule has 0 bridgehead atoms. The Morgan fingerprint density at radius 1 is 1.30 bits per heavy atom.